The van der Waals surface area contributed by atoms with Crippen molar-refractivity contribution in [3.8, 4) is 0 Å². The van der Waals surface area contributed by atoms with Crippen LogP contribution in [-0.2, 0) is 0 Å². The molecular weight excluding hydrogens is 240 g/mol. The Morgan fingerprint density at radius 2 is 2.41 bits per heavy atom. The van der Waals surface area contributed by atoms with E-state index < -0.39 is 0 Å². The van der Waals surface area contributed by atoms with Crippen molar-refractivity contribution in [1.29, 1.82) is 0 Å². The minimum atomic E-state index is -0.281. The Morgan fingerprint density at radius 3 is 3.06 bits per heavy atom. The van der Waals surface area contributed by atoms with E-state index in [1.165, 1.54) is 12.3 Å². The minimum Gasteiger partial charge on any atom is -0.393 e. The van der Waals surface area contributed by atoms with Crippen molar-refractivity contribution in [3.63, 3.8) is 0 Å². The van der Waals surface area contributed by atoms with Crippen LogP contribution in [0.4, 0.5) is 0 Å². The fourth-order valence-corrected chi connectivity index (χ4v) is 2.30. The monoisotopic (exact) mass is 254 g/mol. The Bertz CT molecular complexity index is 411. The van der Waals surface area contributed by atoms with E-state index in [1.54, 1.807) is 6.07 Å². The molecule has 1 aliphatic carbocycles. The second kappa shape index (κ2) is 5.47. The Hall–Kier alpha value is -1.13. The van der Waals surface area contributed by atoms with Gasteiger partial charge in [0.1, 0.15) is 5.15 Å². The highest BCUT2D eigenvalue weighted by Gasteiger charge is 2.25. The molecule has 5 heteroatoms. The van der Waals surface area contributed by atoms with Crippen molar-refractivity contribution in [3.05, 3.63) is 29.0 Å². The number of hydrogen-bond acceptors (Lipinski definition) is 3. The number of nitrogens with one attached hydrogen (secondary N) is 1. The van der Waals surface area contributed by atoms with Crippen LogP contribution in [-0.4, -0.2) is 28.6 Å². The van der Waals surface area contributed by atoms with Gasteiger partial charge in [0.25, 0.3) is 5.91 Å². The van der Waals surface area contributed by atoms with Gasteiger partial charge in [-0.05, 0) is 25.0 Å². The zero-order chi connectivity index (χ0) is 12.3. The second-order valence-corrected chi connectivity index (χ2v) is 4.72. The van der Waals surface area contributed by atoms with Crippen LogP contribution in [0, 0.1) is 5.92 Å². The summed E-state index contributed by atoms with van der Waals surface area (Å²) in [4.78, 5) is 15.6. The van der Waals surface area contributed by atoms with Gasteiger partial charge in [-0.1, -0.05) is 18.0 Å². The van der Waals surface area contributed by atoms with Crippen LogP contribution < -0.4 is 5.32 Å². The molecule has 1 heterocycles. The van der Waals surface area contributed by atoms with Crippen molar-refractivity contribution < 1.29 is 9.90 Å². The predicted octanol–water partition coefficient (Wildman–Crippen LogP) is 1.63. The molecule has 0 spiro atoms. The number of carbonyl (C=O) groups is 1. The zero-order valence-electron chi connectivity index (χ0n) is 9.40. The molecule has 1 saturated carbocycles. The first-order chi connectivity index (χ1) is 8.16. The van der Waals surface area contributed by atoms with Crippen LogP contribution in [0.5, 0.6) is 0 Å². The smallest absolute Gasteiger partial charge is 0.251 e. The molecule has 0 radical (unpaired) electrons. The lowest BCUT2D eigenvalue weighted by atomic mass is 10.1. The molecule has 1 fully saturated rings. The molecule has 0 aliphatic heterocycles. The Morgan fingerprint density at radius 1 is 1.59 bits per heavy atom. The molecule has 0 saturated heterocycles. The van der Waals surface area contributed by atoms with E-state index in [4.69, 9.17) is 11.6 Å². The maximum atomic E-state index is 11.8. The molecule has 92 valence electrons. The molecule has 0 aromatic carbocycles. The highest BCUT2D eigenvalue weighted by molar-refractivity contribution is 6.29. The van der Waals surface area contributed by atoms with Crippen LogP contribution in [0.25, 0.3) is 0 Å². The van der Waals surface area contributed by atoms with Crippen LogP contribution in [0.2, 0.25) is 5.15 Å². The molecule has 2 rings (SSSR count). The number of halogens is 1. The molecule has 2 atom stereocenters. The van der Waals surface area contributed by atoms with E-state index in [0.717, 1.165) is 19.3 Å². The number of pyridine rings is 1. The highest BCUT2D eigenvalue weighted by Crippen LogP contribution is 2.24. The largest absolute Gasteiger partial charge is 0.393 e. The van der Waals surface area contributed by atoms with Crippen molar-refractivity contribution in [2.75, 3.05) is 6.54 Å². The van der Waals surface area contributed by atoms with Crippen LogP contribution >= 0.6 is 11.6 Å². The summed E-state index contributed by atoms with van der Waals surface area (Å²) >= 11 is 5.71. The maximum absolute atomic E-state index is 11.8. The number of nitrogens with zero attached hydrogens (tertiary/aromatic N) is 1. The fourth-order valence-electron chi connectivity index (χ4n) is 2.12. The first-order valence-corrected chi connectivity index (χ1v) is 6.12. The van der Waals surface area contributed by atoms with Gasteiger partial charge in [0.15, 0.2) is 0 Å². The normalized spacial score (nSPS) is 23.6. The van der Waals surface area contributed by atoms with Gasteiger partial charge >= 0.3 is 0 Å². The van der Waals surface area contributed by atoms with Crippen molar-refractivity contribution in [2.45, 2.75) is 25.4 Å². The number of aliphatic hydroxyl groups excluding tert-OH is 1. The summed E-state index contributed by atoms with van der Waals surface area (Å²) in [7, 11) is 0. The van der Waals surface area contributed by atoms with Crippen molar-refractivity contribution in [2.24, 2.45) is 5.92 Å². The lowest BCUT2D eigenvalue weighted by Crippen LogP contribution is -2.32. The van der Waals surface area contributed by atoms with E-state index in [0.29, 0.717) is 17.3 Å². The summed E-state index contributed by atoms with van der Waals surface area (Å²) in [5, 5.41) is 12.8. The van der Waals surface area contributed by atoms with Gasteiger partial charge in [-0.25, -0.2) is 4.98 Å². The Labute approximate surface area is 105 Å². The average molecular weight is 255 g/mol. The maximum Gasteiger partial charge on any atom is 0.251 e. The predicted molar refractivity (Wildman–Crippen MR) is 64.9 cm³/mol. The van der Waals surface area contributed by atoms with Crippen LogP contribution in [0.1, 0.15) is 29.6 Å². The molecule has 0 bridgehead atoms. The van der Waals surface area contributed by atoms with Gasteiger partial charge in [0.2, 0.25) is 0 Å². The quantitative estimate of drug-likeness (QED) is 0.806. The molecular formula is C12H15ClN2O2. The van der Waals surface area contributed by atoms with E-state index in [-0.39, 0.29) is 17.9 Å². The lowest BCUT2D eigenvalue weighted by Gasteiger charge is -2.14. The summed E-state index contributed by atoms with van der Waals surface area (Å²) in [5.74, 6) is 0.00431. The summed E-state index contributed by atoms with van der Waals surface area (Å²) in [5.41, 5.74) is 0.498. The Kier molecular flexibility index (Phi) is 3.97. The van der Waals surface area contributed by atoms with Gasteiger partial charge in [0.05, 0.1) is 6.10 Å². The molecule has 1 aromatic rings. The highest BCUT2D eigenvalue weighted by atomic mass is 35.5. The van der Waals surface area contributed by atoms with E-state index in [1.807, 2.05) is 0 Å². The van der Waals surface area contributed by atoms with Gasteiger partial charge in [-0.2, -0.15) is 0 Å². The topological polar surface area (TPSA) is 62.2 Å². The number of rotatable bonds is 3. The summed E-state index contributed by atoms with van der Waals surface area (Å²) in [6, 6.07) is 3.15. The summed E-state index contributed by atoms with van der Waals surface area (Å²) in [6.45, 7) is 0.514. The molecule has 17 heavy (non-hydrogen) atoms. The SMILES string of the molecule is O=C(NCC1CCCC1O)c1ccnc(Cl)c1. The van der Waals surface area contributed by atoms with Crippen LogP contribution in [0.15, 0.2) is 18.3 Å². The van der Waals surface area contributed by atoms with Crippen LogP contribution in [0.3, 0.4) is 0 Å². The number of hydrogen-bond donors (Lipinski definition) is 2. The third-order valence-electron chi connectivity index (χ3n) is 3.13. The first kappa shape index (κ1) is 12.3. The molecule has 2 unspecified atom stereocenters. The molecule has 4 nitrogen and oxygen atoms in total. The second-order valence-electron chi connectivity index (χ2n) is 4.34. The minimum absolute atomic E-state index is 0.173. The zero-order valence-corrected chi connectivity index (χ0v) is 10.2. The number of carbonyl (C=O) groups excluding carboxylic acids is 1. The van der Waals surface area contributed by atoms with Gasteiger partial charge < -0.3 is 10.4 Å². The fraction of sp³-hybridized carbons (Fsp3) is 0.500. The lowest BCUT2D eigenvalue weighted by molar-refractivity contribution is 0.0916. The van der Waals surface area contributed by atoms with Gasteiger partial charge in [-0.15, -0.1) is 0 Å². The first-order valence-electron chi connectivity index (χ1n) is 5.74. The van der Waals surface area contributed by atoms with E-state index in [2.05, 4.69) is 10.3 Å². The average Bonchev–Trinajstić information content (AvgIpc) is 2.72. The Balaban J connectivity index is 1.89. The standard InChI is InChI=1S/C12H15ClN2O2/c13-11-6-8(4-5-14-11)12(17)15-7-9-2-1-3-10(9)16/h4-6,9-10,16H,1-3,7H2,(H,15,17). The molecule has 1 aliphatic rings. The summed E-state index contributed by atoms with van der Waals surface area (Å²) < 4.78 is 0. The molecule has 1 amide bonds. The van der Waals surface area contributed by atoms with E-state index >= 15 is 0 Å². The molecule has 2 N–H and O–H groups in total. The van der Waals surface area contributed by atoms with Gasteiger partial charge in [0, 0.05) is 24.2 Å². The third kappa shape index (κ3) is 3.17. The number of aliphatic hydroxyl groups is 1. The third-order valence-corrected chi connectivity index (χ3v) is 3.34. The number of amides is 1. The molecule has 1 aromatic heterocycles. The van der Waals surface area contributed by atoms with Gasteiger partial charge in [-0.3, -0.25) is 4.79 Å². The van der Waals surface area contributed by atoms with Crippen molar-refractivity contribution in [1.82, 2.24) is 10.3 Å². The number of aromatic nitrogens is 1. The summed E-state index contributed by atoms with van der Waals surface area (Å²) in [6.07, 6.45) is 4.06. The van der Waals surface area contributed by atoms with Crippen molar-refractivity contribution >= 4 is 17.5 Å². The van der Waals surface area contributed by atoms with E-state index in [9.17, 15) is 9.90 Å².